The van der Waals surface area contributed by atoms with Gasteiger partial charge < -0.3 is 18.9 Å². The van der Waals surface area contributed by atoms with Crippen LogP contribution in [0.2, 0.25) is 0 Å². The third-order valence-electron chi connectivity index (χ3n) is 4.36. The maximum atomic E-state index is 12.5. The standard InChI is InChI=1S/C15H24N4O3/c1-3-13-16-17-14-9-18(6-7-19(13)14)15(20)11(2)22-10-12-5-4-8-21-12/h11-12H,3-10H2,1-2H3. The van der Waals surface area contributed by atoms with Crippen LogP contribution in [0.1, 0.15) is 38.3 Å². The van der Waals surface area contributed by atoms with E-state index < -0.39 is 6.10 Å². The Hall–Kier alpha value is -1.47. The summed E-state index contributed by atoms with van der Waals surface area (Å²) in [6, 6.07) is 0. The molecule has 0 spiro atoms. The Morgan fingerprint density at radius 3 is 3.05 bits per heavy atom. The van der Waals surface area contributed by atoms with E-state index in [2.05, 4.69) is 21.7 Å². The molecule has 0 aliphatic carbocycles. The fourth-order valence-corrected chi connectivity index (χ4v) is 3.02. The van der Waals surface area contributed by atoms with E-state index in [-0.39, 0.29) is 12.0 Å². The number of hydrogen-bond donors (Lipinski definition) is 0. The SMILES string of the molecule is CCc1nnc2n1CCN(C(=O)C(C)OCC1CCCO1)C2. The minimum absolute atomic E-state index is 0.0188. The molecule has 1 aromatic rings. The summed E-state index contributed by atoms with van der Waals surface area (Å²) in [6.45, 7) is 7.14. The lowest BCUT2D eigenvalue weighted by molar-refractivity contribution is -0.146. The van der Waals surface area contributed by atoms with E-state index in [1.807, 2.05) is 11.8 Å². The fraction of sp³-hybridized carbons (Fsp3) is 0.800. The van der Waals surface area contributed by atoms with Gasteiger partial charge >= 0.3 is 0 Å². The monoisotopic (exact) mass is 308 g/mol. The van der Waals surface area contributed by atoms with Crippen molar-refractivity contribution in [2.75, 3.05) is 19.8 Å². The van der Waals surface area contributed by atoms with E-state index in [1.165, 1.54) is 0 Å². The van der Waals surface area contributed by atoms with Gasteiger partial charge in [0.1, 0.15) is 11.9 Å². The number of amides is 1. The van der Waals surface area contributed by atoms with Crippen LogP contribution in [0, 0.1) is 0 Å². The lowest BCUT2D eigenvalue weighted by Gasteiger charge is -2.30. The summed E-state index contributed by atoms with van der Waals surface area (Å²) in [6.07, 6.45) is 2.67. The molecular weight excluding hydrogens is 284 g/mol. The van der Waals surface area contributed by atoms with Crippen LogP contribution in [-0.2, 0) is 33.8 Å². The summed E-state index contributed by atoms with van der Waals surface area (Å²) >= 11 is 0. The number of aromatic nitrogens is 3. The van der Waals surface area contributed by atoms with Crippen LogP contribution < -0.4 is 0 Å². The highest BCUT2D eigenvalue weighted by molar-refractivity contribution is 5.80. The Morgan fingerprint density at radius 1 is 1.45 bits per heavy atom. The molecule has 122 valence electrons. The highest BCUT2D eigenvalue weighted by atomic mass is 16.5. The minimum Gasteiger partial charge on any atom is -0.376 e. The van der Waals surface area contributed by atoms with Crippen molar-refractivity contribution in [3.8, 4) is 0 Å². The van der Waals surface area contributed by atoms with Crippen LogP contribution in [0.5, 0.6) is 0 Å². The van der Waals surface area contributed by atoms with E-state index in [0.29, 0.717) is 19.7 Å². The van der Waals surface area contributed by atoms with Gasteiger partial charge in [-0.05, 0) is 19.8 Å². The van der Waals surface area contributed by atoms with Gasteiger partial charge in [0.15, 0.2) is 5.82 Å². The molecule has 1 saturated heterocycles. The average molecular weight is 308 g/mol. The third-order valence-corrected chi connectivity index (χ3v) is 4.36. The number of rotatable bonds is 5. The van der Waals surface area contributed by atoms with Crippen LogP contribution in [0.3, 0.4) is 0 Å². The molecule has 7 nitrogen and oxygen atoms in total. The predicted molar refractivity (Wildman–Crippen MR) is 79.2 cm³/mol. The van der Waals surface area contributed by atoms with Gasteiger partial charge in [-0.2, -0.15) is 0 Å². The number of carbonyl (C=O) groups excluding carboxylic acids is 1. The van der Waals surface area contributed by atoms with Gasteiger partial charge in [-0.15, -0.1) is 10.2 Å². The number of nitrogens with zero attached hydrogens (tertiary/aromatic N) is 4. The minimum atomic E-state index is -0.440. The first kappa shape index (κ1) is 15.4. The molecule has 2 unspecified atom stereocenters. The fourth-order valence-electron chi connectivity index (χ4n) is 3.02. The zero-order valence-corrected chi connectivity index (χ0v) is 13.3. The van der Waals surface area contributed by atoms with E-state index in [0.717, 1.165) is 44.1 Å². The van der Waals surface area contributed by atoms with Gasteiger partial charge in [0.2, 0.25) is 0 Å². The molecule has 0 N–H and O–H groups in total. The van der Waals surface area contributed by atoms with Crippen molar-refractivity contribution < 1.29 is 14.3 Å². The van der Waals surface area contributed by atoms with E-state index in [9.17, 15) is 4.79 Å². The molecule has 22 heavy (non-hydrogen) atoms. The smallest absolute Gasteiger partial charge is 0.251 e. The summed E-state index contributed by atoms with van der Waals surface area (Å²) in [5, 5.41) is 8.36. The number of carbonyl (C=O) groups is 1. The number of fused-ring (bicyclic) bond motifs is 1. The van der Waals surface area contributed by atoms with Crippen LogP contribution in [0.25, 0.3) is 0 Å². The molecule has 3 rings (SSSR count). The van der Waals surface area contributed by atoms with Crippen molar-refractivity contribution in [3.05, 3.63) is 11.6 Å². The summed E-state index contributed by atoms with van der Waals surface area (Å²) in [5.74, 6) is 1.87. The largest absolute Gasteiger partial charge is 0.376 e. The molecule has 0 radical (unpaired) electrons. The number of hydrogen-bond acceptors (Lipinski definition) is 5. The maximum Gasteiger partial charge on any atom is 0.251 e. The van der Waals surface area contributed by atoms with E-state index in [1.54, 1.807) is 0 Å². The maximum absolute atomic E-state index is 12.5. The van der Waals surface area contributed by atoms with Crippen LogP contribution in [0.4, 0.5) is 0 Å². The molecule has 2 aliphatic heterocycles. The van der Waals surface area contributed by atoms with Crippen LogP contribution >= 0.6 is 0 Å². The second-order valence-electron chi connectivity index (χ2n) is 5.91. The molecular formula is C15H24N4O3. The van der Waals surface area contributed by atoms with Crippen molar-refractivity contribution in [3.63, 3.8) is 0 Å². The second-order valence-corrected chi connectivity index (χ2v) is 5.91. The van der Waals surface area contributed by atoms with Gasteiger partial charge in [0.25, 0.3) is 5.91 Å². The second kappa shape index (κ2) is 6.75. The Balaban J connectivity index is 1.53. The first-order valence-corrected chi connectivity index (χ1v) is 8.12. The summed E-state index contributed by atoms with van der Waals surface area (Å²) in [4.78, 5) is 14.3. The Kier molecular flexibility index (Phi) is 4.73. The van der Waals surface area contributed by atoms with E-state index >= 15 is 0 Å². The zero-order valence-electron chi connectivity index (χ0n) is 13.3. The van der Waals surface area contributed by atoms with E-state index in [4.69, 9.17) is 9.47 Å². The Morgan fingerprint density at radius 2 is 2.32 bits per heavy atom. The Bertz CT molecular complexity index is 525. The summed E-state index contributed by atoms with van der Waals surface area (Å²) in [5.41, 5.74) is 0. The third kappa shape index (κ3) is 3.15. The Labute approximate surface area is 130 Å². The van der Waals surface area contributed by atoms with Crippen molar-refractivity contribution in [2.45, 2.75) is 58.4 Å². The molecule has 0 aromatic carbocycles. The van der Waals surface area contributed by atoms with Gasteiger partial charge in [0, 0.05) is 26.1 Å². The first-order chi connectivity index (χ1) is 10.7. The predicted octanol–water partition coefficient (Wildman–Crippen LogP) is 0.767. The molecule has 1 amide bonds. The average Bonchev–Trinajstić information content (AvgIpc) is 3.20. The normalized spacial score (nSPS) is 22.6. The van der Waals surface area contributed by atoms with Crippen LogP contribution in [-0.4, -0.2) is 57.5 Å². The molecule has 2 aliphatic rings. The molecule has 2 atom stereocenters. The summed E-state index contributed by atoms with van der Waals surface area (Å²) in [7, 11) is 0. The molecule has 0 saturated carbocycles. The molecule has 1 fully saturated rings. The lowest BCUT2D eigenvalue weighted by Crippen LogP contribution is -2.44. The van der Waals surface area contributed by atoms with Gasteiger partial charge in [-0.25, -0.2) is 0 Å². The lowest BCUT2D eigenvalue weighted by atomic mass is 10.2. The molecule has 7 heteroatoms. The quantitative estimate of drug-likeness (QED) is 0.803. The van der Waals surface area contributed by atoms with Crippen molar-refractivity contribution in [1.29, 1.82) is 0 Å². The topological polar surface area (TPSA) is 69.5 Å². The molecule has 1 aromatic heterocycles. The van der Waals surface area contributed by atoms with Crippen LogP contribution in [0.15, 0.2) is 0 Å². The van der Waals surface area contributed by atoms with Crippen molar-refractivity contribution in [1.82, 2.24) is 19.7 Å². The molecule has 3 heterocycles. The highest BCUT2D eigenvalue weighted by Gasteiger charge is 2.28. The van der Waals surface area contributed by atoms with Crippen molar-refractivity contribution >= 4 is 5.91 Å². The summed E-state index contributed by atoms with van der Waals surface area (Å²) < 4.78 is 13.3. The first-order valence-electron chi connectivity index (χ1n) is 8.12. The van der Waals surface area contributed by atoms with Gasteiger partial charge in [0.05, 0.1) is 19.3 Å². The zero-order chi connectivity index (χ0) is 15.5. The number of ether oxygens (including phenoxy) is 2. The van der Waals surface area contributed by atoms with Crippen molar-refractivity contribution in [2.24, 2.45) is 0 Å². The van der Waals surface area contributed by atoms with Gasteiger partial charge in [-0.1, -0.05) is 6.92 Å². The molecule has 0 bridgehead atoms. The number of aryl methyl sites for hydroxylation is 1. The highest BCUT2D eigenvalue weighted by Crippen LogP contribution is 2.16. The van der Waals surface area contributed by atoms with Gasteiger partial charge in [-0.3, -0.25) is 4.79 Å².